The lowest BCUT2D eigenvalue weighted by Gasteiger charge is -2.23. The number of carboxylic acid groups (broad SMARTS) is 1. The van der Waals surface area contributed by atoms with Crippen LogP contribution in [0.3, 0.4) is 0 Å². The third-order valence-corrected chi connectivity index (χ3v) is 5.32. The monoisotopic (exact) mass is 470 g/mol. The molecule has 0 unspecified atom stereocenters. The highest BCUT2D eigenvalue weighted by Gasteiger charge is 2.47. The Morgan fingerprint density at radius 2 is 1.94 bits per heavy atom. The summed E-state index contributed by atoms with van der Waals surface area (Å²) in [6, 6.07) is 9.55. The van der Waals surface area contributed by atoms with Gasteiger partial charge >= 0.3 is 12.1 Å². The van der Waals surface area contributed by atoms with Crippen LogP contribution in [0.5, 0.6) is 0 Å². The number of carbonyl (C=O) groups is 2. The van der Waals surface area contributed by atoms with Gasteiger partial charge in [-0.3, -0.25) is 9.78 Å². The first-order valence-electron chi connectivity index (χ1n) is 10.1. The number of aliphatic carboxylic acids is 1. The zero-order chi connectivity index (χ0) is 24.1. The summed E-state index contributed by atoms with van der Waals surface area (Å²) >= 11 is 0. The number of nitrogens with zero attached hydrogens (tertiary/aromatic N) is 2. The lowest BCUT2D eigenvalue weighted by Crippen LogP contribution is -2.36. The maximum Gasteiger partial charge on any atom is 0.490 e. The summed E-state index contributed by atoms with van der Waals surface area (Å²) in [5, 5.41) is 7.12. The van der Waals surface area contributed by atoms with Crippen LogP contribution in [0.15, 0.2) is 48.8 Å². The molecule has 2 aliphatic rings. The average Bonchev–Trinajstić information content (AvgIpc) is 3.39. The van der Waals surface area contributed by atoms with Crippen molar-refractivity contribution in [1.82, 2.24) is 9.88 Å². The Morgan fingerprint density at radius 3 is 2.55 bits per heavy atom. The fourth-order valence-corrected chi connectivity index (χ4v) is 3.68. The van der Waals surface area contributed by atoms with E-state index in [2.05, 4.69) is 4.98 Å². The molecule has 2 aromatic rings. The Kier molecular flexibility index (Phi) is 7.65. The molecule has 1 aromatic heterocycles. The van der Waals surface area contributed by atoms with Crippen molar-refractivity contribution in [3.63, 3.8) is 0 Å². The zero-order valence-electron chi connectivity index (χ0n) is 17.4. The van der Waals surface area contributed by atoms with Crippen molar-refractivity contribution < 1.29 is 41.7 Å². The van der Waals surface area contributed by atoms with Crippen molar-refractivity contribution in [2.24, 2.45) is 0 Å². The van der Waals surface area contributed by atoms with E-state index < -0.39 is 12.1 Å². The Labute approximate surface area is 186 Å². The van der Waals surface area contributed by atoms with Crippen molar-refractivity contribution >= 4 is 11.9 Å². The van der Waals surface area contributed by atoms with Crippen LogP contribution in [-0.4, -0.2) is 64.4 Å². The molecule has 33 heavy (non-hydrogen) atoms. The molecule has 1 amide bonds. The molecular formula is C22H22F4N2O5. The van der Waals surface area contributed by atoms with Crippen LogP contribution < -0.4 is 0 Å². The molecule has 2 aliphatic heterocycles. The van der Waals surface area contributed by atoms with E-state index in [-0.39, 0.29) is 23.4 Å². The van der Waals surface area contributed by atoms with E-state index >= 15 is 0 Å². The minimum absolute atomic E-state index is 0.0241. The molecule has 7 nitrogen and oxygen atoms in total. The number of carboxylic acids is 1. The van der Waals surface area contributed by atoms with Gasteiger partial charge in [0, 0.05) is 30.9 Å². The number of benzene rings is 1. The summed E-state index contributed by atoms with van der Waals surface area (Å²) in [7, 11) is 0. The molecule has 1 spiro atoms. The first-order valence-corrected chi connectivity index (χ1v) is 10.1. The van der Waals surface area contributed by atoms with Gasteiger partial charge in [-0.2, -0.15) is 13.2 Å². The van der Waals surface area contributed by atoms with E-state index in [1.165, 1.54) is 24.3 Å². The summed E-state index contributed by atoms with van der Waals surface area (Å²) in [6.45, 7) is 2.25. The average molecular weight is 470 g/mol. The van der Waals surface area contributed by atoms with E-state index in [4.69, 9.17) is 19.4 Å². The fraction of sp³-hybridized carbons (Fsp3) is 0.409. The highest BCUT2D eigenvalue weighted by Crippen LogP contribution is 2.37. The second kappa shape index (κ2) is 10.3. The SMILES string of the molecule is O=C(O)C(F)(F)F.O=C(c1ccc(F)cc1)N1CC[C@]2(C[C@@H](OCc3cccnc3)CO2)C1. The highest BCUT2D eigenvalue weighted by atomic mass is 19.4. The van der Waals surface area contributed by atoms with Crippen LogP contribution in [-0.2, 0) is 20.9 Å². The van der Waals surface area contributed by atoms with Gasteiger partial charge in [0.15, 0.2) is 0 Å². The smallest absolute Gasteiger partial charge is 0.475 e. The summed E-state index contributed by atoms with van der Waals surface area (Å²) in [5.74, 6) is -3.18. The fourth-order valence-electron chi connectivity index (χ4n) is 3.68. The molecule has 0 radical (unpaired) electrons. The van der Waals surface area contributed by atoms with Crippen molar-refractivity contribution in [2.45, 2.75) is 37.3 Å². The molecule has 1 aromatic carbocycles. The first-order chi connectivity index (χ1) is 15.6. The lowest BCUT2D eigenvalue weighted by atomic mass is 9.98. The molecule has 1 N–H and O–H groups in total. The molecule has 2 saturated heterocycles. The molecule has 11 heteroatoms. The predicted octanol–water partition coefficient (Wildman–Crippen LogP) is 3.44. The number of hydrogen-bond acceptors (Lipinski definition) is 5. The van der Waals surface area contributed by atoms with Gasteiger partial charge in [-0.25, -0.2) is 9.18 Å². The van der Waals surface area contributed by atoms with Gasteiger partial charge in [-0.1, -0.05) is 6.07 Å². The van der Waals surface area contributed by atoms with E-state index in [1.807, 2.05) is 12.1 Å². The third-order valence-electron chi connectivity index (χ3n) is 5.32. The van der Waals surface area contributed by atoms with Crippen LogP contribution in [0, 0.1) is 5.82 Å². The second-order valence-electron chi connectivity index (χ2n) is 7.78. The number of alkyl halides is 3. The Morgan fingerprint density at radius 1 is 1.24 bits per heavy atom. The maximum atomic E-state index is 13.0. The molecule has 2 atom stereocenters. The maximum absolute atomic E-state index is 13.0. The quantitative estimate of drug-likeness (QED) is 0.689. The topological polar surface area (TPSA) is 89.0 Å². The van der Waals surface area contributed by atoms with Crippen LogP contribution in [0.25, 0.3) is 0 Å². The summed E-state index contributed by atoms with van der Waals surface area (Å²) in [5.41, 5.74) is 1.22. The lowest BCUT2D eigenvalue weighted by molar-refractivity contribution is -0.192. The Bertz CT molecular complexity index is 956. The van der Waals surface area contributed by atoms with Gasteiger partial charge in [0.25, 0.3) is 5.91 Å². The molecule has 4 rings (SSSR count). The normalized spacial score (nSPS) is 22.2. The number of likely N-dealkylation sites (tertiary alicyclic amines) is 1. The zero-order valence-corrected chi connectivity index (χ0v) is 17.4. The molecule has 0 aliphatic carbocycles. The van der Waals surface area contributed by atoms with Gasteiger partial charge in [-0.15, -0.1) is 0 Å². The van der Waals surface area contributed by atoms with Gasteiger partial charge in [0.1, 0.15) is 5.82 Å². The minimum atomic E-state index is -5.08. The van der Waals surface area contributed by atoms with Crippen molar-refractivity contribution in [1.29, 1.82) is 0 Å². The van der Waals surface area contributed by atoms with E-state index in [0.717, 1.165) is 18.4 Å². The number of rotatable bonds is 4. The second-order valence-corrected chi connectivity index (χ2v) is 7.78. The number of aromatic nitrogens is 1. The standard InChI is InChI=1S/C20H21FN2O3.C2HF3O2/c21-17-5-3-16(4-6-17)19(24)23-9-7-20(14-23)10-18(13-26-20)25-12-15-2-1-8-22-11-15;3-2(4,5)1(6)7/h1-6,8,11,18H,7,9-10,12-14H2;(H,6,7)/t18-,20+;/m1./s1. The van der Waals surface area contributed by atoms with E-state index in [9.17, 15) is 22.4 Å². The molecule has 178 valence electrons. The Hall–Kier alpha value is -3.05. The van der Waals surface area contributed by atoms with Crippen LogP contribution in [0.4, 0.5) is 17.6 Å². The van der Waals surface area contributed by atoms with Crippen LogP contribution in [0.1, 0.15) is 28.8 Å². The van der Waals surface area contributed by atoms with Gasteiger partial charge < -0.3 is 19.5 Å². The molecule has 2 fully saturated rings. The summed E-state index contributed by atoms with van der Waals surface area (Å²) in [4.78, 5) is 27.4. The van der Waals surface area contributed by atoms with Crippen molar-refractivity contribution in [2.75, 3.05) is 19.7 Å². The van der Waals surface area contributed by atoms with Crippen molar-refractivity contribution in [3.05, 3.63) is 65.7 Å². The number of amides is 1. The minimum Gasteiger partial charge on any atom is -0.475 e. The Balaban J connectivity index is 0.000000383. The molecular weight excluding hydrogens is 448 g/mol. The van der Waals surface area contributed by atoms with Gasteiger partial charge in [0.05, 0.1) is 31.5 Å². The number of pyridine rings is 1. The van der Waals surface area contributed by atoms with Gasteiger partial charge in [0.2, 0.25) is 0 Å². The molecule has 3 heterocycles. The van der Waals surface area contributed by atoms with Crippen LogP contribution in [0.2, 0.25) is 0 Å². The number of halogens is 4. The predicted molar refractivity (Wildman–Crippen MR) is 107 cm³/mol. The number of hydrogen-bond donors (Lipinski definition) is 1. The molecule has 0 bridgehead atoms. The van der Waals surface area contributed by atoms with Gasteiger partial charge in [-0.05, 0) is 42.3 Å². The summed E-state index contributed by atoms with van der Waals surface area (Å²) in [6.07, 6.45) is 0.0517. The van der Waals surface area contributed by atoms with Crippen LogP contribution >= 0.6 is 0 Å². The summed E-state index contributed by atoms with van der Waals surface area (Å²) < 4.78 is 56.8. The molecule has 0 saturated carbocycles. The number of ether oxygens (including phenoxy) is 2. The van der Waals surface area contributed by atoms with E-state index in [0.29, 0.717) is 31.9 Å². The first kappa shape index (κ1) is 24.6. The third kappa shape index (κ3) is 6.72. The highest BCUT2D eigenvalue weighted by molar-refractivity contribution is 5.94. The largest absolute Gasteiger partial charge is 0.490 e. The number of carbonyl (C=O) groups excluding carboxylic acids is 1. The van der Waals surface area contributed by atoms with E-state index in [1.54, 1.807) is 17.3 Å². The van der Waals surface area contributed by atoms with Crippen molar-refractivity contribution in [3.8, 4) is 0 Å².